The number of carbonyl (C=O) groups is 2. The van der Waals surface area contributed by atoms with Gasteiger partial charge in [-0.1, -0.05) is 6.07 Å². The molecule has 0 saturated carbocycles. The number of aromatic hydroxyl groups is 1. The van der Waals surface area contributed by atoms with Crippen molar-refractivity contribution in [1.29, 1.82) is 0 Å². The monoisotopic (exact) mass is 317 g/mol. The number of carbonyl (C=O) groups excluding carboxylic acids is 2. The van der Waals surface area contributed by atoms with Crippen molar-refractivity contribution in [2.45, 2.75) is 13.1 Å². The molecule has 0 aromatic heterocycles. The zero-order chi connectivity index (χ0) is 15.8. The van der Waals surface area contributed by atoms with Crippen LogP contribution < -0.4 is 0 Å². The minimum atomic E-state index is -4.70. The topological polar surface area (TPSA) is 57.6 Å². The molecule has 1 aromatic rings. The lowest BCUT2D eigenvalue weighted by atomic mass is 10.1. The van der Waals surface area contributed by atoms with Crippen LogP contribution in [-0.2, 0) is 11.0 Å². The van der Waals surface area contributed by atoms with Gasteiger partial charge in [-0.05, 0) is 42.5 Å². The van der Waals surface area contributed by atoms with Gasteiger partial charge in [0, 0.05) is 6.54 Å². The van der Waals surface area contributed by atoms with E-state index in [1.165, 1.54) is 12.1 Å². The van der Waals surface area contributed by atoms with Crippen LogP contribution in [0.25, 0.3) is 6.08 Å². The third-order valence-corrected chi connectivity index (χ3v) is 3.72. The van der Waals surface area contributed by atoms with E-state index >= 15 is 0 Å². The van der Waals surface area contributed by atoms with Crippen LogP contribution in [-0.4, -0.2) is 27.7 Å². The number of phenols is 1. The molecule has 0 bridgehead atoms. The molecule has 4 nitrogen and oxygen atoms in total. The van der Waals surface area contributed by atoms with Gasteiger partial charge in [0.05, 0.1) is 10.5 Å². The van der Waals surface area contributed by atoms with Gasteiger partial charge in [0.25, 0.3) is 11.1 Å². The quantitative estimate of drug-likeness (QED) is 0.849. The van der Waals surface area contributed by atoms with E-state index < -0.39 is 28.6 Å². The van der Waals surface area contributed by atoms with E-state index in [1.807, 2.05) is 0 Å². The Morgan fingerprint density at radius 3 is 2.52 bits per heavy atom. The minimum Gasteiger partial charge on any atom is -0.507 e. The fourth-order valence-corrected chi connectivity index (χ4v) is 2.70. The molecule has 1 aliphatic rings. The fourth-order valence-electron chi connectivity index (χ4n) is 1.79. The van der Waals surface area contributed by atoms with Gasteiger partial charge in [-0.3, -0.25) is 14.5 Å². The molecule has 0 radical (unpaired) electrons. The summed E-state index contributed by atoms with van der Waals surface area (Å²) in [7, 11) is 0. The van der Waals surface area contributed by atoms with E-state index in [1.54, 1.807) is 6.92 Å². The molecule has 112 valence electrons. The van der Waals surface area contributed by atoms with E-state index in [2.05, 4.69) is 0 Å². The zero-order valence-corrected chi connectivity index (χ0v) is 11.6. The molecule has 1 fully saturated rings. The second-order valence-corrected chi connectivity index (χ2v) is 5.19. The number of thioether (sulfide) groups is 1. The van der Waals surface area contributed by atoms with Gasteiger partial charge in [0.1, 0.15) is 5.75 Å². The van der Waals surface area contributed by atoms with E-state index in [-0.39, 0.29) is 17.0 Å². The van der Waals surface area contributed by atoms with Crippen molar-refractivity contribution in [3.05, 3.63) is 34.2 Å². The predicted molar refractivity (Wildman–Crippen MR) is 71.5 cm³/mol. The first kappa shape index (κ1) is 15.4. The van der Waals surface area contributed by atoms with Crippen LogP contribution in [0.2, 0.25) is 0 Å². The molecule has 0 atom stereocenters. The molecule has 1 aromatic carbocycles. The summed E-state index contributed by atoms with van der Waals surface area (Å²) in [5, 5.41) is 8.78. The van der Waals surface area contributed by atoms with Gasteiger partial charge >= 0.3 is 6.18 Å². The third-order valence-electron chi connectivity index (χ3n) is 2.81. The molecule has 21 heavy (non-hydrogen) atoms. The molecule has 0 spiro atoms. The van der Waals surface area contributed by atoms with E-state index in [0.717, 1.165) is 17.0 Å². The van der Waals surface area contributed by atoms with Crippen molar-refractivity contribution in [2.24, 2.45) is 0 Å². The predicted octanol–water partition coefficient (Wildman–Crippen LogP) is 3.47. The molecule has 1 saturated heterocycles. The molecule has 0 unspecified atom stereocenters. The Balaban J connectivity index is 2.39. The number of benzene rings is 1. The number of alkyl halides is 3. The van der Waals surface area contributed by atoms with Crippen molar-refractivity contribution < 1.29 is 27.9 Å². The molecule has 1 N–H and O–H groups in total. The smallest absolute Gasteiger partial charge is 0.419 e. The number of likely N-dealkylation sites (N-methyl/N-ethyl adjacent to an activating group) is 1. The average molecular weight is 317 g/mol. The van der Waals surface area contributed by atoms with E-state index in [4.69, 9.17) is 0 Å². The molecule has 0 aliphatic carbocycles. The molecule has 2 rings (SSSR count). The van der Waals surface area contributed by atoms with Crippen molar-refractivity contribution in [3.63, 3.8) is 0 Å². The van der Waals surface area contributed by atoms with Crippen molar-refractivity contribution in [3.8, 4) is 5.75 Å². The van der Waals surface area contributed by atoms with Crippen LogP contribution in [0.15, 0.2) is 23.1 Å². The molecule has 8 heteroatoms. The largest absolute Gasteiger partial charge is 0.507 e. The number of nitrogens with zero attached hydrogens (tertiary/aromatic N) is 1. The highest BCUT2D eigenvalue weighted by Gasteiger charge is 2.35. The maximum Gasteiger partial charge on any atom is 0.419 e. The highest BCUT2D eigenvalue weighted by Crippen LogP contribution is 2.37. The Labute approximate surface area is 122 Å². The maximum atomic E-state index is 12.7. The molecule has 2 amide bonds. The number of hydrogen-bond donors (Lipinski definition) is 1. The van der Waals surface area contributed by atoms with Gasteiger partial charge in [-0.2, -0.15) is 13.2 Å². The second-order valence-electron chi connectivity index (χ2n) is 4.20. The van der Waals surface area contributed by atoms with Crippen molar-refractivity contribution >= 4 is 29.0 Å². The Hall–Kier alpha value is -1.96. The number of imide groups is 1. The summed E-state index contributed by atoms with van der Waals surface area (Å²) >= 11 is 0.674. The lowest BCUT2D eigenvalue weighted by Gasteiger charge is -2.09. The average Bonchev–Trinajstić information content (AvgIpc) is 2.65. The van der Waals surface area contributed by atoms with Gasteiger partial charge in [-0.15, -0.1) is 0 Å². The maximum absolute atomic E-state index is 12.7. The summed E-state index contributed by atoms with van der Waals surface area (Å²) in [4.78, 5) is 24.4. The van der Waals surface area contributed by atoms with E-state index in [9.17, 15) is 27.9 Å². The lowest BCUT2D eigenvalue weighted by molar-refractivity contribution is -0.138. The SMILES string of the molecule is CCN1C(=O)S/C(=C/c2ccc(O)c(C(F)(F)F)c2)C1=O. The summed E-state index contributed by atoms with van der Waals surface area (Å²) in [5.41, 5.74) is -1.10. The highest BCUT2D eigenvalue weighted by atomic mass is 32.2. The van der Waals surface area contributed by atoms with Crippen LogP contribution in [0.1, 0.15) is 18.1 Å². The Morgan fingerprint density at radius 1 is 1.33 bits per heavy atom. The van der Waals surface area contributed by atoms with E-state index in [0.29, 0.717) is 11.8 Å². The Kier molecular flexibility index (Phi) is 3.99. The third kappa shape index (κ3) is 3.05. The number of amides is 2. The first-order valence-corrected chi connectivity index (χ1v) is 6.71. The Bertz CT molecular complexity index is 640. The van der Waals surface area contributed by atoms with Crippen LogP contribution in [0, 0.1) is 0 Å². The number of hydrogen-bond acceptors (Lipinski definition) is 4. The second kappa shape index (κ2) is 5.44. The molecule has 1 heterocycles. The number of halogens is 3. The fraction of sp³-hybridized carbons (Fsp3) is 0.231. The minimum absolute atomic E-state index is 0.0562. The van der Waals surface area contributed by atoms with Crippen LogP contribution in [0.3, 0.4) is 0 Å². The van der Waals surface area contributed by atoms with Gasteiger partial charge in [0.15, 0.2) is 0 Å². The Morgan fingerprint density at radius 2 is 2.00 bits per heavy atom. The van der Waals surface area contributed by atoms with Gasteiger partial charge in [0.2, 0.25) is 0 Å². The molecular formula is C13H10F3NO3S. The lowest BCUT2D eigenvalue weighted by Crippen LogP contribution is -2.27. The summed E-state index contributed by atoms with van der Waals surface area (Å²) in [6.45, 7) is 1.83. The first-order chi connectivity index (χ1) is 9.74. The summed E-state index contributed by atoms with van der Waals surface area (Å²) in [5.74, 6) is -1.42. The number of rotatable bonds is 2. The molecular weight excluding hydrogens is 307 g/mol. The number of phenolic OH excluding ortho intramolecular Hbond substituents is 1. The molecule has 1 aliphatic heterocycles. The standard InChI is InChI=1S/C13H10F3NO3S/c1-2-17-11(19)10(21-12(17)20)6-7-3-4-9(18)8(5-7)13(14,15)16/h3-6,18H,2H2,1H3/b10-6+. The van der Waals surface area contributed by atoms with Crippen LogP contribution >= 0.6 is 11.8 Å². The van der Waals surface area contributed by atoms with Crippen molar-refractivity contribution in [2.75, 3.05) is 6.54 Å². The first-order valence-electron chi connectivity index (χ1n) is 5.89. The normalized spacial score (nSPS) is 17.9. The van der Waals surface area contributed by atoms with Crippen LogP contribution in [0.4, 0.5) is 18.0 Å². The van der Waals surface area contributed by atoms with Crippen molar-refractivity contribution in [1.82, 2.24) is 4.90 Å². The zero-order valence-electron chi connectivity index (χ0n) is 10.8. The highest BCUT2D eigenvalue weighted by molar-refractivity contribution is 8.18. The van der Waals surface area contributed by atoms with Gasteiger partial charge < -0.3 is 5.11 Å². The summed E-state index contributed by atoms with van der Waals surface area (Å²) < 4.78 is 38.0. The summed E-state index contributed by atoms with van der Waals surface area (Å²) in [6.07, 6.45) is -3.49. The van der Waals surface area contributed by atoms with Crippen LogP contribution in [0.5, 0.6) is 5.75 Å². The summed E-state index contributed by atoms with van der Waals surface area (Å²) in [6, 6.07) is 2.87. The van der Waals surface area contributed by atoms with Gasteiger partial charge in [-0.25, -0.2) is 0 Å².